The molecule has 21 heavy (non-hydrogen) atoms. The highest BCUT2D eigenvalue weighted by atomic mass is 14.9. The van der Waals surface area contributed by atoms with E-state index in [4.69, 9.17) is 0 Å². The average Bonchev–Trinajstić information content (AvgIpc) is 2.95. The Morgan fingerprint density at radius 1 is 1.00 bits per heavy atom. The second-order valence-electron chi connectivity index (χ2n) is 5.51. The number of hydrogen-bond donors (Lipinski definition) is 2. The molecule has 0 bridgehead atoms. The molecule has 0 aliphatic heterocycles. The van der Waals surface area contributed by atoms with E-state index in [0.717, 1.165) is 6.54 Å². The van der Waals surface area contributed by atoms with Crippen LogP contribution < -0.4 is 5.32 Å². The first kappa shape index (κ1) is 13.7. The highest BCUT2D eigenvalue weighted by molar-refractivity contribution is 5.83. The molecule has 0 saturated heterocycles. The summed E-state index contributed by atoms with van der Waals surface area (Å²) in [5.41, 5.74) is 5.11. The van der Waals surface area contributed by atoms with Crippen LogP contribution in [0.3, 0.4) is 0 Å². The third kappa shape index (κ3) is 3.27. The molecular weight excluding hydrogens is 256 g/mol. The molecule has 0 unspecified atom stereocenters. The Hall–Kier alpha value is -2.22. The molecule has 2 N–H and O–H groups in total. The zero-order valence-corrected chi connectivity index (χ0v) is 12.5. The number of para-hydroxylation sites is 1. The van der Waals surface area contributed by atoms with Gasteiger partial charge in [0.05, 0.1) is 0 Å². The van der Waals surface area contributed by atoms with Crippen molar-refractivity contribution in [2.24, 2.45) is 0 Å². The van der Waals surface area contributed by atoms with Crippen LogP contribution in [-0.4, -0.2) is 4.98 Å². The Balaban J connectivity index is 1.64. The summed E-state index contributed by atoms with van der Waals surface area (Å²) in [4.78, 5) is 3.32. The van der Waals surface area contributed by atoms with E-state index < -0.39 is 0 Å². The van der Waals surface area contributed by atoms with Gasteiger partial charge in [-0.15, -0.1) is 0 Å². The predicted molar refractivity (Wildman–Crippen MR) is 90.7 cm³/mol. The third-order valence-electron chi connectivity index (χ3n) is 3.93. The van der Waals surface area contributed by atoms with E-state index in [1.54, 1.807) is 0 Å². The number of benzene rings is 2. The van der Waals surface area contributed by atoms with Gasteiger partial charge >= 0.3 is 0 Å². The molecule has 0 fully saturated rings. The van der Waals surface area contributed by atoms with E-state index in [1.807, 2.05) is 0 Å². The molecular formula is C19H22N2. The van der Waals surface area contributed by atoms with Crippen LogP contribution in [0.15, 0.2) is 54.7 Å². The van der Waals surface area contributed by atoms with Gasteiger partial charge in [0.25, 0.3) is 0 Å². The molecule has 3 aromatic rings. The van der Waals surface area contributed by atoms with Gasteiger partial charge in [-0.05, 0) is 42.2 Å². The fourth-order valence-electron chi connectivity index (χ4n) is 2.65. The van der Waals surface area contributed by atoms with Gasteiger partial charge in [0, 0.05) is 29.3 Å². The van der Waals surface area contributed by atoms with Crippen molar-refractivity contribution in [3.63, 3.8) is 0 Å². The maximum absolute atomic E-state index is 3.50. The first-order valence-electron chi connectivity index (χ1n) is 7.74. The van der Waals surface area contributed by atoms with Crippen molar-refractivity contribution in [3.8, 4) is 0 Å². The lowest BCUT2D eigenvalue weighted by Gasteiger charge is -2.07. The number of H-pyrrole nitrogens is 1. The van der Waals surface area contributed by atoms with Crippen LogP contribution in [0.2, 0.25) is 0 Å². The molecule has 1 aromatic heterocycles. The normalized spacial score (nSPS) is 10.9. The number of anilines is 1. The number of aryl methyl sites for hydroxylation is 1. The van der Waals surface area contributed by atoms with Crippen molar-refractivity contribution >= 4 is 16.6 Å². The van der Waals surface area contributed by atoms with E-state index >= 15 is 0 Å². The zero-order valence-electron chi connectivity index (χ0n) is 12.5. The second kappa shape index (κ2) is 6.49. The molecule has 0 amide bonds. The maximum atomic E-state index is 3.50. The summed E-state index contributed by atoms with van der Waals surface area (Å²) in [5.74, 6) is 0. The van der Waals surface area contributed by atoms with Gasteiger partial charge in [0.2, 0.25) is 0 Å². The van der Waals surface area contributed by atoms with Crippen LogP contribution in [0.4, 0.5) is 5.69 Å². The van der Waals surface area contributed by atoms with E-state index in [1.165, 1.54) is 47.0 Å². The molecule has 1 heterocycles. The monoisotopic (exact) mass is 278 g/mol. The lowest BCUT2D eigenvalue weighted by Crippen LogP contribution is -1.98. The summed E-state index contributed by atoms with van der Waals surface area (Å²) in [6.45, 7) is 3.08. The third-order valence-corrected chi connectivity index (χ3v) is 3.93. The summed E-state index contributed by atoms with van der Waals surface area (Å²) < 4.78 is 0. The fraction of sp³-hybridized carbons (Fsp3) is 0.263. The van der Waals surface area contributed by atoms with Crippen LogP contribution >= 0.6 is 0 Å². The standard InChI is InChI=1S/C19H22N2/c1-2-3-6-15-9-11-17(12-10-15)20-13-16-14-21-19-8-5-4-7-18(16)19/h4-5,7-12,14,20-21H,2-3,6,13H2,1H3. The summed E-state index contributed by atoms with van der Waals surface area (Å²) in [7, 11) is 0. The molecule has 0 aliphatic carbocycles. The highest BCUT2D eigenvalue weighted by Gasteiger charge is 2.02. The van der Waals surface area contributed by atoms with Crippen LogP contribution in [0.25, 0.3) is 10.9 Å². The van der Waals surface area contributed by atoms with Crippen molar-refractivity contribution < 1.29 is 0 Å². The SMILES string of the molecule is CCCCc1ccc(NCc2c[nH]c3ccccc23)cc1. The molecule has 2 nitrogen and oxygen atoms in total. The van der Waals surface area contributed by atoms with Gasteiger partial charge in [0.15, 0.2) is 0 Å². The minimum atomic E-state index is 0.846. The molecule has 0 aliphatic rings. The number of unbranched alkanes of at least 4 members (excludes halogenated alkanes) is 1. The first-order chi connectivity index (χ1) is 10.4. The Morgan fingerprint density at radius 3 is 2.62 bits per heavy atom. The highest BCUT2D eigenvalue weighted by Crippen LogP contribution is 2.19. The topological polar surface area (TPSA) is 27.8 Å². The fourth-order valence-corrected chi connectivity index (χ4v) is 2.65. The maximum Gasteiger partial charge on any atom is 0.0457 e. The van der Waals surface area contributed by atoms with Gasteiger partial charge in [-0.2, -0.15) is 0 Å². The predicted octanol–water partition coefficient (Wildman–Crippen LogP) is 5.12. The lowest BCUT2D eigenvalue weighted by atomic mass is 10.1. The summed E-state index contributed by atoms with van der Waals surface area (Å²) >= 11 is 0. The van der Waals surface area contributed by atoms with E-state index in [9.17, 15) is 0 Å². The Bertz CT molecular complexity index is 695. The van der Waals surface area contributed by atoms with Gasteiger partial charge in [-0.3, -0.25) is 0 Å². The van der Waals surface area contributed by atoms with Gasteiger partial charge in [-0.1, -0.05) is 43.7 Å². The largest absolute Gasteiger partial charge is 0.381 e. The summed E-state index contributed by atoms with van der Waals surface area (Å²) in [6, 6.07) is 17.2. The Kier molecular flexibility index (Phi) is 4.25. The molecule has 3 rings (SSSR count). The van der Waals surface area contributed by atoms with E-state index in [-0.39, 0.29) is 0 Å². The number of fused-ring (bicyclic) bond motifs is 1. The van der Waals surface area contributed by atoms with Crippen LogP contribution in [-0.2, 0) is 13.0 Å². The van der Waals surface area contributed by atoms with E-state index in [0.29, 0.717) is 0 Å². The van der Waals surface area contributed by atoms with Crippen molar-refractivity contribution in [1.29, 1.82) is 0 Å². The number of rotatable bonds is 6. The number of nitrogens with one attached hydrogen (secondary N) is 2. The smallest absolute Gasteiger partial charge is 0.0457 e. The molecule has 2 aromatic carbocycles. The van der Waals surface area contributed by atoms with Crippen molar-refractivity contribution in [3.05, 3.63) is 65.9 Å². The Morgan fingerprint density at radius 2 is 1.81 bits per heavy atom. The van der Waals surface area contributed by atoms with Gasteiger partial charge in [0.1, 0.15) is 0 Å². The summed E-state index contributed by atoms with van der Waals surface area (Å²) in [6.07, 6.45) is 5.79. The lowest BCUT2D eigenvalue weighted by molar-refractivity contribution is 0.795. The minimum absolute atomic E-state index is 0.846. The van der Waals surface area contributed by atoms with Crippen LogP contribution in [0.1, 0.15) is 30.9 Å². The van der Waals surface area contributed by atoms with Crippen LogP contribution in [0, 0.1) is 0 Å². The Labute approximate surface area is 126 Å². The second-order valence-corrected chi connectivity index (χ2v) is 5.51. The molecule has 0 saturated carbocycles. The zero-order chi connectivity index (χ0) is 14.5. The van der Waals surface area contributed by atoms with Crippen molar-refractivity contribution in [2.75, 3.05) is 5.32 Å². The minimum Gasteiger partial charge on any atom is -0.381 e. The average molecular weight is 278 g/mol. The molecule has 108 valence electrons. The van der Waals surface area contributed by atoms with Crippen molar-refractivity contribution in [2.45, 2.75) is 32.7 Å². The molecule has 0 atom stereocenters. The van der Waals surface area contributed by atoms with E-state index in [2.05, 4.69) is 72.0 Å². The number of aromatic amines is 1. The number of aromatic nitrogens is 1. The molecule has 0 radical (unpaired) electrons. The quantitative estimate of drug-likeness (QED) is 0.643. The van der Waals surface area contributed by atoms with Gasteiger partial charge < -0.3 is 10.3 Å². The van der Waals surface area contributed by atoms with Crippen LogP contribution in [0.5, 0.6) is 0 Å². The molecule has 0 spiro atoms. The summed E-state index contributed by atoms with van der Waals surface area (Å²) in [5, 5.41) is 4.80. The van der Waals surface area contributed by atoms with Gasteiger partial charge in [-0.25, -0.2) is 0 Å². The number of hydrogen-bond acceptors (Lipinski definition) is 1. The molecule has 2 heteroatoms. The van der Waals surface area contributed by atoms with Crippen molar-refractivity contribution in [1.82, 2.24) is 4.98 Å². The first-order valence-corrected chi connectivity index (χ1v) is 7.74.